The van der Waals surface area contributed by atoms with Crippen LogP contribution in [0.3, 0.4) is 0 Å². The highest BCUT2D eigenvalue weighted by atomic mass is 16.5. The van der Waals surface area contributed by atoms with Crippen LogP contribution >= 0.6 is 0 Å². The van der Waals surface area contributed by atoms with Crippen molar-refractivity contribution in [3.05, 3.63) is 17.0 Å². The van der Waals surface area contributed by atoms with E-state index in [1.54, 1.807) is 0 Å². The average Bonchev–Trinajstić information content (AvgIpc) is 3.25. The average molecular weight is 377 g/mol. The van der Waals surface area contributed by atoms with Crippen LogP contribution in [0.4, 0.5) is 0 Å². The van der Waals surface area contributed by atoms with Crippen molar-refractivity contribution in [3.63, 3.8) is 0 Å². The number of carboxylic acids is 2. The Kier molecular flexibility index (Phi) is 5.63. The molecule has 0 saturated heterocycles. The maximum absolute atomic E-state index is 11.3. The summed E-state index contributed by atoms with van der Waals surface area (Å²) in [6, 6.07) is 0. The number of carbonyl (C=O) groups is 2. The molecule has 1 heterocycles. The van der Waals surface area contributed by atoms with Crippen LogP contribution < -0.4 is 0 Å². The third-order valence-corrected chi connectivity index (χ3v) is 5.79. The van der Waals surface area contributed by atoms with Gasteiger partial charge in [0.2, 0.25) is 0 Å². The normalized spacial score (nSPS) is 23.7. The van der Waals surface area contributed by atoms with Crippen molar-refractivity contribution in [1.29, 1.82) is 0 Å². The molecule has 2 aliphatic rings. The van der Waals surface area contributed by atoms with Crippen LogP contribution in [0.2, 0.25) is 0 Å². The minimum absolute atomic E-state index is 0.0542. The Morgan fingerprint density at radius 3 is 2.33 bits per heavy atom. The molecule has 2 saturated carbocycles. The molecule has 0 amide bonds. The van der Waals surface area contributed by atoms with Gasteiger partial charge in [-0.05, 0) is 55.8 Å². The molecule has 0 aliphatic heterocycles. The summed E-state index contributed by atoms with van der Waals surface area (Å²) in [6.45, 7) is 6.80. The molecule has 2 N–H and O–H groups in total. The number of hydrogen-bond donors (Lipinski definition) is 2. The van der Waals surface area contributed by atoms with Gasteiger partial charge in [0.25, 0.3) is 0 Å². The smallest absolute Gasteiger partial charge is 0.304 e. The van der Waals surface area contributed by atoms with Gasteiger partial charge in [-0.3, -0.25) is 9.59 Å². The first-order valence-electron chi connectivity index (χ1n) is 10.1. The molecule has 0 aromatic carbocycles. The molecule has 2 aliphatic carbocycles. The number of carboxylic acid groups (broad SMARTS) is 2. The van der Waals surface area contributed by atoms with E-state index in [1.807, 2.05) is 0 Å². The first kappa shape index (κ1) is 19.9. The zero-order valence-electron chi connectivity index (χ0n) is 16.5. The van der Waals surface area contributed by atoms with Gasteiger partial charge in [-0.1, -0.05) is 25.9 Å². The minimum Gasteiger partial charge on any atom is -0.481 e. The number of rotatable bonds is 9. The molecule has 150 valence electrons. The summed E-state index contributed by atoms with van der Waals surface area (Å²) in [7, 11) is 0. The summed E-state index contributed by atoms with van der Waals surface area (Å²) in [6.07, 6.45) is 5.69. The van der Waals surface area contributed by atoms with E-state index in [-0.39, 0.29) is 19.3 Å². The second-order valence-electron chi connectivity index (χ2n) is 9.65. The van der Waals surface area contributed by atoms with Gasteiger partial charge in [0.15, 0.2) is 0 Å². The number of nitrogens with zero attached hydrogens (tertiary/aromatic N) is 1. The van der Waals surface area contributed by atoms with Crippen molar-refractivity contribution in [1.82, 2.24) is 5.16 Å². The highest BCUT2D eigenvalue weighted by Gasteiger charge is 2.42. The monoisotopic (exact) mass is 377 g/mol. The van der Waals surface area contributed by atoms with Gasteiger partial charge >= 0.3 is 11.9 Å². The molecule has 3 rings (SSSR count). The molecule has 6 heteroatoms. The molecule has 0 spiro atoms. The van der Waals surface area contributed by atoms with Crippen molar-refractivity contribution in [2.75, 3.05) is 0 Å². The Bertz CT molecular complexity index is 692. The highest BCUT2D eigenvalue weighted by Crippen LogP contribution is 2.53. The lowest BCUT2D eigenvalue weighted by molar-refractivity contribution is -0.139. The lowest BCUT2D eigenvalue weighted by atomic mass is 9.66. The summed E-state index contributed by atoms with van der Waals surface area (Å²) in [5.41, 5.74) is 2.13. The highest BCUT2D eigenvalue weighted by molar-refractivity contribution is 5.69. The first-order chi connectivity index (χ1) is 12.6. The fourth-order valence-corrected chi connectivity index (χ4v) is 4.52. The van der Waals surface area contributed by atoms with Crippen molar-refractivity contribution in [2.24, 2.45) is 11.3 Å². The second kappa shape index (κ2) is 7.64. The van der Waals surface area contributed by atoms with Gasteiger partial charge in [0.05, 0.1) is 12.1 Å². The van der Waals surface area contributed by atoms with Gasteiger partial charge in [-0.25, -0.2) is 0 Å². The maximum Gasteiger partial charge on any atom is 0.304 e. The summed E-state index contributed by atoms with van der Waals surface area (Å²) in [5.74, 6) is 0.206. The van der Waals surface area contributed by atoms with Crippen LogP contribution in [-0.4, -0.2) is 27.3 Å². The number of hydrogen-bond acceptors (Lipinski definition) is 4. The Hall–Kier alpha value is -1.85. The molecule has 1 atom stereocenters. The van der Waals surface area contributed by atoms with E-state index in [9.17, 15) is 14.7 Å². The summed E-state index contributed by atoms with van der Waals surface area (Å²) < 4.78 is 5.76. The number of aromatic nitrogens is 1. The lowest BCUT2D eigenvalue weighted by Gasteiger charge is -2.38. The SMILES string of the molecule is CC(C)(C)CC1CC(c2onc(C(CCC(=O)O)CC(=O)O)c2C2CC2)C1. The molecule has 27 heavy (non-hydrogen) atoms. The van der Waals surface area contributed by atoms with Gasteiger partial charge in [-0.2, -0.15) is 0 Å². The molecular formula is C21H31NO5. The van der Waals surface area contributed by atoms with Gasteiger partial charge < -0.3 is 14.7 Å². The van der Waals surface area contributed by atoms with Crippen LogP contribution in [0.25, 0.3) is 0 Å². The Balaban J connectivity index is 1.76. The summed E-state index contributed by atoms with van der Waals surface area (Å²) in [4.78, 5) is 22.3. The largest absolute Gasteiger partial charge is 0.481 e. The third-order valence-electron chi connectivity index (χ3n) is 5.79. The van der Waals surface area contributed by atoms with E-state index in [2.05, 4.69) is 25.9 Å². The first-order valence-corrected chi connectivity index (χ1v) is 10.1. The zero-order chi connectivity index (χ0) is 19.8. The van der Waals surface area contributed by atoms with Crippen LogP contribution in [0.15, 0.2) is 4.52 Å². The van der Waals surface area contributed by atoms with Gasteiger partial charge in [0.1, 0.15) is 5.76 Å². The number of aliphatic carboxylic acids is 2. The zero-order valence-corrected chi connectivity index (χ0v) is 16.5. The van der Waals surface area contributed by atoms with Crippen molar-refractivity contribution in [3.8, 4) is 0 Å². The minimum atomic E-state index is -0.925. The van der Waals surface area contributed by atoms with E-state index in [0.29, 0.717) is 28.9 Å². The molecule has 0 bridgehead atoms. The van der Waals surface area contributed by atoms with Crippen LogP contribution in [-0.2, 0) is 9.59 Å². The molecule has 0 radical (unpaired) electrons. The Morgan fingerprint density at radius 2 is 1.81 bits per heavy atom. The van der Waals surface area contributed by atoms with Crippen molar-refractivity contribution in [2.45, 2.75) is 89.9 Å². The summed E-state index contributed by atoms with van der Waals surface area (Å²) >= 11 is 0. The predicted molar refractivity (Wildman–Crippen MR) is 99.9 cm³/mol. The molecule has 1 unspecified atom stereocenters. The third kappa shape index (κ3) is 5.11. The van der Waals surface area contributed by atoms with E-state index < -0.39 is 17.9 Å². The van der Waals surface area contributed by atoms with Gasteiger partial charge in [0, 0.05) is 23.8 Å². The predicted octanol–water partition coefficient (Wildman–Crippen LogP) is 4.90. The Morgan fingerprint density at radius 1 is 1.15 bits per heavy atom. The lowest BCUT2D eigenvalue weighted by Crippen LogP contribution is -2.26. The molecule has 1 aromatic rings. The van der Waals surface area contributed by atoms with E-state index in [0.717, 1.165) is 37.0 Å². The molecular weight excluding hydrogens is 346 g/mol. The Labute approximate surface area is 160 Å². The standard InChI is InChI=1S/C21H31NO5/c1-21(2,3)11-12-8-15(9-12)20-18(13-4-5-13)19(22-27-20)14(10-17(25)26)6-7-16(23)24/h12-15H,4-11H2,1-3H3,(H,23,24)(H,25,26). The van der Waals surface area contributed by atoms with E-state index in [1.165, 1.54) is 6.42 Å². The van der Waals surface area contributed by atoms with Gasteiger partial charge in [-0.15, -0.1) is 0 Å². The molecule has 2 fully saturated rings. The van der Waals surface area contributed by atoms with Crippen molar-refractivity contribution < 1.29 is 24.3 Å². The quantitative estimate of drug-likeness (QED) is 0.634. The van der Waals surface area contributed by atoms with E-state index >= 15 is 0 Å². The topological polar surface area (TPSA) is 101 Å². The van der Waals surface area contributed by atoms with E-state index in [4.69, 9.17) is 9.63 Å². The van der Waals surface area contributed by atoms with Crippen LogP contribution in [0.1, 0.15) is 107 Å². The van der Waals surface area contributed by atoms with Crippen LogP contribution in [0, 0.1) is 11.3 Å². The van der Waals surface area contributed by atoms with Crippen LogP contribution in [0.5, 0.6) is 0 Å². The molecule has 6 nitrogen and oxygen atoms in total. The summed E-state index contributed by atoms with van der Waals surface area (Å²) in [5, 5.41) is 22.6. The molecule has 1 aromatic heterocycles. The fourth-order valence-electron chi connectivity index (χ4n) is 4.52. The second-order valence-corrected chi connectivity index (χ2v) is 9.65. The fraction of sp³-hybridized carbons (Fsp3) is 0.762. The maximum atomic E-state index is 11.3. The van der Waals surface area contributed by atoms with Crippen molar-refractivity contribution >= 4 is 11.9 Å².